The summed E-state index contributed by atoms with van der Waals surface area (Å²) in [6.07, 6.45) is 0. The summed E-state index contributed by atoms with van der Waals surface area (Å²) in [5.41, 5.74) is 14.4. The van der Waals surface area contributed by atoms with E-state index in [1.165, 1.54) is 43.8 Å². The van der Waals surface area contributed by atoms with Crippen LogP contribution < -0.4 is 9.80 Å². The molecule has 2 heterocycles. The van der Waals surface area contributed by atoms with E-state index >= 15 is 0 Å². The molecule has 14 rings (SSSR count). The van der Waals surface area contributed by atoms with E-state index in [-0.39, 0.29) is 0 Å². The van der Waals surface area contributed by atoms with Gasteiger partial charge in [-0.2, -0.15) is 0 Å². The van der Waals surface area contributed by atoms with E-state index in [0.29, 0.717) is 0 Å². The lowest BCUT2D eigenvalue weighted by Gasteiger charge is -2.25. The van der Waals surface area contributed by atoms with Crippen LogP contribution in [-0.4, -0.2) is 0 Å². The van der Waals surface area contributed by atoms with Gasteiger partial charge in [0.1, 0.15) is 22.3 Å². The molecule has 0 unspecified atom stereocenters. The standard InChI is InChI=1S/C66H42N2O2/c1-3-15-51(16-4-1)67(53-27-23-45(24-28-53)49-21-19-43-11-7-9-13-47(43)39-49)55-31-33-59-63(41-55)69-61-37-35-58-57(65(59)61)36-38-62-66(58)60-34-32-56(42-64(60)70-62)68(52-17-5-2-6-18-52)54-29-25-46(26-30-54)50-22-20-44-12-8-10-14-48(44)40-50/h1-42H. The van der Waals surface area contributed by atoms with Crippen LogP contribution in [0.15, 0.2) is 264 Å². The number of benzene rings is 12. The maximum Gasteiger partial charge on any atom is 0.137 e. The minimum absolute atomic E-state index is 0.835. The molecule has 0 aliphatic carbocycles. The molecule has 0 bridgehead atoms. The minimum Gasteiger partial charge on any atom is -0.456 e. The zero-order chi connectivity index (χ0) is 46.1. The average molecular weight is 895 g/mol. The van der Waals surface area contributed by atoms with Crippen molar-refractivity contribution in [2.75, 3.05) is 9.80 Å². The fourth-order valence-corrected chi connectivity index (χ4v) is 10.6. The molecule has 328 valence electrons. The van der Waals surface area contributed by atoms with Gasteiger partial charge in [0.2, 0.25) is 0 Å². The van der Waals surface area contributed by atoms with Crippen LogP contribution in [0.5, 0.6) is 0 Å². The van der Waals surface area contributed by atoms with E-state index in [1.807, 2.05) is 0 Å². The molecule has 0 radical (unpaired) electrons. The van der Waals surface area contributed by atoms with Crippen LogP contribution >= 0.6 is 0 Å². The highest BCUT2D eigenvalue weighted by molar-refractivity contribution is 6.27. The molecule has 0 aliphatic rings. The lowest BCUT2D eigenvalue weighted by molar-refractivity contribution is 0.668. The van der Waals surface area contributed by atoms with E-state index in [4.69, 9.17) is 8.83 Å². The van der Waals surface area contributed by atoms with Gasteiger partial charge in [0, 0.05) is 67.8 Å². The van der Waals surface area contributed by atoms with Crippen molar-refractivity contribution >= 4 is 110 Å². The molecule has 0 atom stereocenters. The topological polar surface area (TPSA) is 32.8 Å². The first-order valence-electron chi connectivity index (χ1n) is 23.8. The molecule has 4 heteroatoms. The first-order valence-corrected chi connectivity index (χ1v) is 23.8. The van der Waals surface area contributed by atoms with Crippen LogP contribution in [0, 0.1) is 0 Å². The maximum absolute atomic E-state index is 6.74. The molecule has 0 aliphatic heterocycles. The van der Waals surface area contributed by atoms with E-state index < -0.39 is 0 Å². The van der Waals surface area contributed by atoms with Gasteiger partial charge in [-0.05, 0) is 164 Å². The summed E-state index contributed by atoms with van der Waals surface area (Å²) in [5.74, 6) is 0. The lowest BCUT2D eigenvalue weighted by atomic mass is 9.99. The third kappa shape index (κ3) is 6.69. The van der Waals surface area contributed by atoms with Crippen LogP contribution in [0.2, 0.25) is 0 Å². The van der Waals surface area contributed by atoms with Gasteiger partial charge < -0.3 is 18.6 Å². The van der Waals surface area contributed by atoms with Gasteiger partial charge in [0.05, 0.1) is 0 Å². The molecule has 70 heavy (non-hydrogen) atoms. The van der Waals surface area contributed by atoms with E-state index in [0.717, 1.165) is 88.8 Å². The Morgan fingerprint density at radius 3 is 0.986 bits per heavy atom. The van der Waals surface area contributed by atoms with Crippen LogP contribution in [-0.2, 0) is 0 Å². The van der Waals surface area contributed by atoms with Crippen molar-refractivity contribution in [1.82, 2.24) is 0 Å². The second-order valence-electron chi connectivity index (χ2n) is 18.1. The van der Waals surface area contributed by atoms with Gasteiger partial charge in [-0.1, -0.05) is 133 Å². The quantitative estimate of drug-likeness (QED) is 0.152. The SMILES string of the molecule is c1ccc(N(c2ccc(-c3ccc4ccccc4c3)cc2)c2ccc3c(c2)oc2ccc4c(ccc5oc6cc(N(c7ccccc7)c7ccc(-c8ccc9ccccc9c8)cc7)ccc6c54)c23)cc1. The van der Waals surface area contributed by atoms with E-state index in [1.54, 1.807) is 0 Å². The highest BCUT2D eigenvalue weighted by Crippen LogP contribution is 2.45. The van der Waals surface area contributed by atoms with E-state index in [9.17, 15) is 0 Å². The number of fused-ring (bicyclic) bond motifs is 11. The molecule has 0 fully saturated rings. The molecule has 0 N–H and O–H groups in total. The first kappa shape index (κ1) is 39.8. The van der Waals surface area contributed by atoms with Crippen molar-refractivity contribution in [3.63, 3.8) is 0 Å². The summed E-state index contributed by atoms with van der Waals surface area (Å²) in [6.45, 7) is 0. The zero-order valence-corrected chi connectivity index (χ0v) is 38.0. The molecule has 2 aromatic heterocycles. The van der Waals surface area contributed by atoms with Crippen molar-refractivity contribution in [1.29, 1.82) is 0 Å². The summed E-state index contributed by atoms with van der Waals surface area (Å²) in [6, 6.07) is 90.9. The van der Waals surface area contributed by atoms with Crippen molar-refractivity contribution in [2.45, 2.75) is 0 Å². The molecule has 0 saturated heterocycles. The van der Waals surface area contributed by atoms with E-state index in [2.05, 4.69) is 265 Å². The number of rotatable bonds is 8. The third-order valence-corrected chi connectivity index (χ3v) is 14.0. The highest BCUT2D eigenvalue weighted by atomic mass is 16.3. The Hall–Kier alpha value is -9.38. The molecule has 0 amide bonds. The number of anilines is 6. The van der Waals surface area contributed by atoms with Gasteiger partial charge in [0.25, 0.3) is 0 Å². The van der Waals surface area contributed by atoms with Gasteiger partial charge in [-0.3, -0.25) is 0 Å². The Kier molecular flexibility index (Phi) is 9.17. The van der Waals surface area contributed by atoms with Crippen molar-refractivity contribution < 1.29 is 8.83 Å². The minimum atomic E-state index is 0.835. The van der Waals surface area contributed by atoms with Crippen LogP contribution in [0.25, 0.3) is 98.4 Å². The Bertz CT molecular complexity index is 4010. The fraction of sp³-hybridized carbons (Fsp3) is 0. The lowest BCUT2D eigenvalue weighted by Crippen LogP contribution is -2.09. The van der Waals surface area contributed by atoms with Crippen molar-refractivity contribution in [3.8, 4) is 22.3 Å². The van der Waals surface area contributed by atoms with Crippen LogP contribution in [0.3, 0.4) is 0 Å². The molecule has 0 spiro atoms. The number of furan rings is 2. The Balaban J connectivity index is 0.830. The normalized spacial score (nSPS) is 11.7. The van der Waals surface area contributed by atoms with Crippen molar-refractivity contribution in [3.05, 3.63) is 255 Å². The molecular weight excluding hydrogens is 853 g/mol. The summed E-state index contributed by atoms with van der Waals surface area (Å²) in [4.78, 5) is 4.59. The van der Waals surface area contributed by atoms with Gasteiger partial charge in [-0.15, -0.1) is 0 Å². The fourth-order valence-electron chi connectivity index (χ4n) is 10.6. The summed E-state index contributed by atoms with van der Waals surface area (Å²) in [5, 5.41) is 11.6. The summed E-state index contributed by atoms with van der Waals surface area (Å²) >= 11 is 0. The molecule has 12 aromatic carbocycles. The summed E-state index contributed by atoms with van der Waals surface area (Å²) in [7, 11) is 0. The Labute approximate surface area is 404 Å². The van der Waals surface area contributed by atoms with Gasteiger partial charge in [-0.25, -0.2) is 0 Å². The first-order chi connectivity index (χ1) is 34.7. The summed E-state index contributed by atoms with van der Waals surface area (Å²) < 4.78 is 13.5. The molecular formula is C66H42N2O2. The maximum atomic E-state index is 6.74. The smallest absolute Gasteiger partial charge is 0.137 e. The molecule has 0 saturated carbocycles. The van der Waals surface area contributed by atoms with Crippen LogP contribution in [0.4, 0.5) is 34.1 Å². The Morgan fingerprint density at radius 1 is 0.214 bits per heavy atom. The second kappa shape index (κ2) is 16.2. The molecule has 4 nitrogen and oxygen atoms in total. The largest absolute Gasteiger partial charge is 0.456 e. The number of hydrogen-bond donors (Lipinski definition) is 0. The van der Waals surface area contributed by atoms with Crippen LogP contribution in [0.1, 0.15) is 0 Å². The van der Waals surface area contributed by atoms with Gasteiger partial charge in [0.15, 0.2) is 0 Å². The van der Waals surface area contributed by atoms with Crippen molar-refractivity contribution in [2.24, 2.45) is 0 Å². The predicted octanol–water partition coefficient (Wildman–Crippen LogP) is 19.2. The highest BCUT2D eigenvalue weighted by Gasteiger charge is 2.21. The third-order valence-electron chi connectivity index (χ3n) is 14.0. The second-order valence-corrected chi connectivity index (χ2v) is 18.1. The number of para-hydroxylation sites is 2. The molecule has 14 aromatic rings. The van der Waals surface area contributed by atoms with Gasteiger partial charge >= 0.3 is 0 Å². The number of nitrogens with zero attached hydrogens (tertiary/aromatic N) is 2. The average Bonchev–Trinajstić information content (AvgIpc) is 4.00. The number of hydrogen-bond acceptors (Lipinski definition) is 4. The predicted molar refractivity (Wildman–Crippen MR) is 294 cm³/mol. The Morgan fingerprint density at radius 2 is 0.557 bits per heavy atom. The monoisotopic (exact) mass is 894 g/mol. The zero-order valence-electron chi connectivity index (χ0n) is 38.0.